The van der Waals surface area contributed by atoms with Gasteiger partial charge in [-0.15, -0.1) is 12.4 Å². The molecule has 5 heteroatoms. The summed E-state index contributed by atoms with van der Waals surface area (Å²) in [6, 6.07) is 0. The van der Waals surface area contributed by atoms with Crippen LogP contribution in [0.3, 0.4) is 0 Å². The van der Waals surface area contributed by atoms with E-state index in [4.69, 9.17) is 10.3 Å². The number of hydrogen-bond donors (Lipinski definition) is 1. The summed E-state index contributed by atoms with van der Waals surface area (Å²) in [6.07, 6.45) is 0.865. The van der Waals surface area contributed by atoms with Gasteiger partial charge in [0.15, 0.2) is 5.76 Å². The van der Waals surface area contributed by atoms with E-state index < -0.39 is 0 Å². The fraction of sp³-hybridized carbons (Fsp3) is 0.500. The van der Waals surface area contributed by atoms with Crippen molar-refractivity contribution in [2.24, 2.45) is 5.73 Å². The van der Waals surface area contributed by atoms with Gasteiger partial charge < -0.3 is 10.3 Å². The summed E-state index contributed by atoms with van der Waals surface area (Å²) < 4.78 is 5.83. The first-order valence-corrected chi connectivity index (χ1v) is 3.91. The second kappa shape index (κ2) is 4.74. The monoisotopic (exact) mass is 240 g/mol. The number of aryl methyl sites for hydroxylation is 1. The first-order chi connectivity index (χ1) is 4.79. The van der Waals surface area contributed by atoms with Gasteiger partial charge in [0.25, 0.3) is 0 Å². The molecule has 0 bridgehead atoms. The molecule has 0 spiro atoms. The molecule has 1 aromatic heterocycles. The Morgan fingerprint density at radius 1 is 1.64 bits per heavy atom. The Labute approximate surface area is 79.9 Å². The second-order valence-corrected chi connectivity index (χ2v) is 2.72. The van der Waals surface area contributed by atoms with Crippen LogP contribution in [0.1, 0.15) is 18.4 Å². The van der Waals surface area contributed by atoms with E-state index in [-0.39, 0.29) is 12.4 Å². The van der Waals surface area contributed by atoms with Crippen molar-refractivity contribution in [3.63, 3.8) is 0 Å². The van der Waals surface area contributed by atoms with Crippen LogP contribution in [0.2, 0.25) is 0 Å². The summed E-state index contributed by atoms with van der Waals surface area (Å²) in [6.45, 7) is 2.41. The normalized spacial score (nSPS) is 9.36. The number of halogens is 2. The van der Waals surface area contributed by atoms with Crippen molar-refractivity contribution in [1.29, 1.82) is 0 Å². The number of hydrogen-bond acceptors (Lipinski definition) is 3. The Balaban J connectivity index is 0.000001000. The van der Waals surface area contributed by atoms with Crippen molar-refractivity contribution < 1.29 is 4.52 Å². The molecule has 0 unspecified atom stereocenters. The fourth-order valence-electron chi connectivity index (χ4n) is 0.698. The summed E-state index contributed by atoms with van der Waals surface area (Å²) >= 11 is 3.34. The first-order valence-electron chi connectivity index (χ1n) is 3.12. The molecule has 0 atom stereocenters. The molecule has 0 saturated heterocycles. The Kier molecular flexibility index (Phi) is 4.72. The smallest absolute Gasteiger partial charge is 0.164 e. The van der Waals surface area contributed by atoms with Crippen LogP contribution in [0.5, 0.6) is 0 Å². The van der Waals surface area contributed by atoms with Crippen LogP contribution in [0, 0.1) is 0 Å². The minimum Gasteiger partial charge on any atom is -0.359 e. The van der Waals surface area contributed by atoms with Gasteiger partial charge in [0.05, 0.1) is 16.7 Å². The predicted molar refractivity (Wildman–Crippen MR) is 48.7 cm³/mol. The van der Waals surface area contributed by atoms with E-state index in [1.54, 1.807) is 0 Å². The highest BCUT2D eigenvalue weighted by atomic mass is 79.9. The molecule has 2 N–H and O–H groups in total. The Morgan fingerprint density at radius 3 is 2.55 bits per heavy atom. The molecule has 11 heavy (non-hydrogen) atoms. The van der Waals surface area contributed by atoms with Gasteiger partial charge in [0.2, 0.25) is 0 Å². The summed E-state index contributed by atoms with van der Waals surface area (Å²) in [5, 5.41) is 3.80. The van der Waals surface area contributed by atoms with Gasteiger partial charge in [-0.1, -0.05) is 12.1 Å². The zero-order valence-corrected chi connectivity index (χ0v) is 8.54. The maximum atomic E-state index is 5.35. The third-order valence-electron chi connectivity index (χ3n) is 1.28. The molecule has 0 amide bonds. The first kappa shape index (κ1) is 10.9. The predicted octanol–water partition coefficient (Wildman–Crippen LogP) is 1.88. The van der Waals surface area contributed by atoms with Gasteiger partial charge in [-0.2, -0.15) is 0 Å². The third-order valence-corrected chi connectivity index (χ3v) is 2.18. The molecule has 0 fully saturated rings. The molecule has 0 aliphatic rings. The maximum Gasteiger partial charge on any atom is 0.164 e. The molecular weight excluding hydrogens is 231 g/mol. The van der Waals surface area contributed by atoms with E-state index in [9.17, 15) is 0 Å². The molecule has 1 heterocycles. The molecule has 3 nitrogen and oxygen atoms in total. The number of nitrogens with zero attached hydrogens (tertiary/aromatic N) is 1. The lowest BCUT2D eigenvalue weighted by Gasteiger charge is -1.87. The lowest BCUT2D eigenvalue weighted by Crippen LogP contribution is -1.94. The van der Waals surface area contributed by atoms with E-state index in [0.717, 1.165) is 22.3 Å². The highest BCUT2D eigenvalue weighted by Crippen LogP contribution is 2.20. The average molecular weight is 242 g/mol. The molecular formula is C6H10BrClN2O. The van der Waals surface area contributed by atoms with Crippen LogP contribution < -0.4 is 5.73 Å². The number of nitrogens with two attached hydrogens (primary N) is 1. The molecule has 0 aliphatic heterocycles. The highest BCUT2D eigenvalue weighted by molar-refractivity contribution is 9.10. The van der Waals surface area contributed by atoms with E-state index in [2.05, 4.69) is 21.1 Å². The zero-order valence-electron chi connectivity index (χ0n) is 6.13. The van der Waals surface area contributed by atoms with Gasteiger partial charge in [0.1, 0.15) is 0 Å². The second-order valence-electron chi connectivity index (χ2n) is 1.92. The fourth-order valence-corrected chi connectivity index (χ4v) is 1.28. The summed E-state index contributed by atoms with van der Waals surface area (Å²) in [7, 11) is 0. The molecule has 0 aromatic carbocycles. The number of aromatic nitrogens is 1. The van der Waals surface area contributed by atoms with Crippen molar-refractivity contribution in [3.05, 3.63) is 15.9 Å². The van der Waals surface area contributed by atoms with Crippen molar-refractivity contribution >= 4 is 28.3 Å². The molecule has 0 radical (unpaired) electrons. The van der Waals surface area contributed by atoms with Crippen molar-refractivity contribution in [1.82, 2.24) is 5.16 Å². The quantitative estimate of drug-likeness (QED) is 0.860. The zero-order chi connectivity index (χ0) is 7.56. The van der Waals surface area contributed by atoms with E-state index in [1.807, 2.05) is 6.92 Å². The minimum atomic E-state index is 0. The lowest BCUT2D eigenvalue weighted by molar-refractivity contribution is 0.378. The standard InChI is InChI=1S/C6H9BrN2O.ClH/c1-2-4-6(7)5(3-8)10-9-4;/h2-3,8H2,1H3;1H. The minimum absolute atomic E-state index is 0. The molecule has 0 saturated carbocycles. The topological polar surface area (TPSA) is 52.0 Å². The van der Waals surface area contributed by atoms with Crippen molar-refractivity contribution in [2.75, 3.05) is 0 Å². The lowest BCUT2D eigenvalue weighted by atomic mass is 10.3. The Morgan fingerprint density at radius 2 is 2.27 bits per heavy atom. The highest BCUT2D eigenvalue weighted by Gasteiger charge is 2.08. The largest absolute Gasteiger partial charge is 0.359 e. The van der Waals surface area contributed by atoms with E-state index in [1.165, 1.54) is 0 Å². The van der Waals surface area contributed by atoms with Gasteiger partial charge in [0, 0.05) is 0 Å². The Bertz CT molecular complexity index is 205. The average Bonchev–Trinajstić information content (AvgIpc) is 2.30. The van der Waals surface area contributed by atoms with E-state index >= 15 is 0 Å². The maximum absolute atomic E-state index is 5.35. The molecule has 1 rings (SSSR count). The molecule has 64 valence electrons. The van der Waals surface area contributed by atoms with Gasteiger partial charge in [-0.05, 0) is 22.4 Å². The molecule has 0 aliphatic carbocycles. The van der Waals surface area contributed by atoms with Crippen LogP contribution in [-0.2, 0) is 13.0 Å². The summed E-state index contributed by atoms with van der Waals surface area (Å²) in [5.41, 5.74) is 6.29. The third kappa shape index (κ3) is 2.18. The summed E-state index contributed by atoms with van der Waals surface area (Å²) in [4.78, 5) is 0. The SMILES string of the molecule is CCc1noc(CN)c1Br.Cl. The van der Waals surface area contributed by atoms with Crippen LogP contribution in [-0.4, -0.2) is 5.16 Å². The van der Waals surface area contributed by atoms with Gasteiger partial charge in [-0.3, -0.25) is 0 Å². The molecule has 1 aromatic rings. The van der Waals surface area contributed by atoms with Crippen LogP contribution >= 0.6 is 28.3 Å². The van der Waals surface area contributed by atoms with E-state index in [0.29, 0.717) is 6.54 Å². The van der Waals surface area contributed by atoms with Crippen molar-refractivity contribution in [2.45, 2.75) is 19.9 Å². The number of rotatable bonds is 2. The van der Waals surface area contributed by atoms with Gasteiger partial charge >= 0.3 is 0 Å². The van der Waals surface area contributed by atoms with Crippen LogP contribution in [0.25, 0.3) is 0 Å². The Hall–Kier alpha value is -0.0600. The van der Waals surface area contributed by atoms with Gasteiger partial charge in [-0.25, -0.2) is 0 Å². The van der Waals surface area contributed by atoms with Crippen LogP contribution in [0.15, 0.2) is 9.00 Å². The van der Waals surface area contributed by atoms with Crippen molar-refractivity contribution in [3.8, 4) is 0 Å². The summed E-state index contributed by atoms with van der Waals surface area (Å²) in [5.74, 6) is 0.719. The van der Waals surface area contributed by atoms with Crippen LogP contribution in [0.4, 0.5) is 0 Å².